The Balaban J connectivity index is 1.43. The van der Waals surface area contributed by atoms with E-state index >= 15 is 0 Å². The number of hydrogen-bond donors (Lipinski definition) is 1. The molecule has 3 aliphatic rings. The first-order valence-corrected chi connectivity index (χ1v) is 8.05. The maximum Gasteiger partial charge on any atom is 0.0235 e. The molecule has 1 saturated carbocycles. The maximum atomic E-state index is 6.40. The smallest absolute Gasteiger partial charge is 0.0235 e. The Kier molecular flexibility index (Phi) is 4.22. The predicted octanol–water partition coefficient (Wildman–Crippen LogP) is 1.67. The summed E-state index contributed by atoms with van der Waals surface area (Å²) in [6.07, 6.45) is 9.78. The van der Waals surface area contributed by atoms with Gasteiger partial charge in [-0.25, -0.2) is 0 Å². The molecule has 3 fully saturated rings. The summed E-state index contributed by atoms with van der Waals surface area (Å²) in [5.41, 5.74) is 6.40. The van der Waals surface area contributed by atoms with E-state index in [1.165, 1.54) is 71.1 Å². The lowest BCUT2D eigenvalue weighted by molar-refractivity contribution is 0.218. The third-order valence-corrected chi connectivity index (χ3v) is 5.38. The van der Waals surface area contributed by atoms with Crippen LogP contribution in [0.4, 0.5) is 0 Å². The molecule has 0 aromatic rings. The summed E-state index contributed by atoms with van der Waals surface area (Å²) in [5, 5.41) is 0. The van der Waals surface area contributed by atoms with Crippen LogP contribution >= 0.6 is 0 Å². The SMILES string of the molecule is NC(CN1CCC(N2CCCC2)C1)C1CCCC1. The van der Waals surface area contributed by atoms with Gasteiger partial charge in [0.05, 0.1) is 0 Å². The van der Waals surface area contributed by atoms with Gasteiger partial charge in [-0.2, -0.15) is 0 Å². The molecule has 3 nitrogen and oxygen atoms in total. The Hall–Kier alpha value is -0.120. The summed E-state index contributed by atoms with van der Waals surface area (Å²) in [4.78, 5) is 5.34. The Morgan fingerprint density at radius 2 is 1.67 bits per heavy atom. The van der Waals surface area contributed by atoms with Gasteiger partial charge in [-0.1, -0.05) is 12.8 Å². The van der Waals surface area contributed by atoms with E-state index in [4.69, 9.17) is 5.73 Å². The van der Waals surface area contributed by atoms with Crippen molar-refractivity contribution in [1.82, 2.24) is 9.80 Å². The van der Waals surface area contributed by atoms with Crippen LogP contribution in [0.2, 0.25) is 0 Å². The summed E-state index contributed by atoms with van der Waals surface area (Å²) in [5.74, 6) is 0.816. The van der Waals surface area contributed by atoms with Gasteiger partial charge in [0.2, 0.25) is 0 Å². The monoisotopic (exact) mass is 251 g/mol. The van der Waals surface area contributed by atoms with Crippen LogP contribution < -0.4 is 5.73 Å². The van der Waals surface area contributed by atoms with Crippen LogP contribution in [0.15, 0.2) is 0 Å². The number of nitrogens with two attached hydrogens (primary N) is 1. The Bertz CT molecular complexity index is 256. The van der Waals surface area contributed by atoms with Gasteiger partial charge in [-0.05, 0) is 57.7 Å². The normalized spacial score (nSPS) is 33.5. The fourth-order valence-corrected chi connectivity index (χ4v) is 4.22. The van der Waals surface area contributed by atoms with Crippen LogP contribution in [0.5, 0.6) is 0 Å². The van der Waals surface area contributed by atoms with Crippen LogP contribution in [-0.4, -0.2) is 54.6 Å². The highest BCUT2D eigenvalue weighted by Crippen LogP contribution is 2.28. The lowest BCUT2D eigenvalue weighted by Gasteiger charge is -2.27. The maximum absolute atomic E-state index is 6.40. The molecule has 104 valence electrons. The first-order chi connectivity index (χ1) is 8.83. The van der Waals surface area contributed by atoms with Gasteiger partial charge in [0.1, 0.15) is 0 Å². The van der Waals surface area contributed by atoms with Crippen molar-refractivity contribution in [3.63, 3.8) is 0 Å². The van der Waals surface area contributed by atoms with Crippen molar-refractivity contribution in [3.8, 4) is 0 Å². The summed E-state index contributed by atoms with van der Waals surface area (Å²) in [6, 6.07) is 1.27. The third-order valence-electron chi connectivity index (χ3n) is 5.38. The molecule has 2 saturated heterocycles. The lowest BCUT2D eigenvalue weighted by atomic mass is 9.99. The number of likely N-dealkylation sites (tertiary alicyclic amines) is 2. The molecular formula is C15H29N3. The molecule has 3 heteroatoms. The zero-order valence-electron chi connectivity index (χ0n) is 11.7. The van der Waals surface area contributed by atoms with Crippen LogP contribution in [0, 0.1) is 5.92 Å². The third kappa shape index (κ3) is 2.89. The quantitative estimate of drug-likeness (QED) is 0.825. The van der Waals surface area contributed by atoms with Gasteiger partial charge >= 0.3 is 0 Å². The molecule has 3 rings (SSSR count). The molecule has 18 heavy (non-hydrogen) atoms. The van der Waals surface area contributed by atoms with Gasteiger partial charge in [-0.15, -0.1) is 0 Å². The molecular weight excluding hydrogens is 222 g/mol. The Morgan fingerprint density at radius 1 is 0.944 bits per heavy atom. The number of rotatable bonds is 4. The van der Waals surface area contributed by atoms with E-state index in [1.807, 2.05) is 0 Å². The molecule has 0 bridgehead atoms. The minimum atomic E-state index is 0.435. The first-order valence-electron chi connectivity index (χ1n) is 8.05. The fourth-order valence-electron chi connectivity index (χ4n) is 4.22. The van der Waals surface area contributed by atoms with Crippen molar-refractivity contribution in [3.05, 3.63) is 0 Å². The zero-order valence-corrected chi connectivity index (χ0v) is 11.7. The molecule has 2 atom stereocenters. The molecule has 0 amide bonds. The average molecular weight is 251 g/mol. The van der Waals surface area contributed by atoms with Crippen molar-refractivity contribution in [2.45, 2.75) is 57.0 Å². The van der Waals surface area contributed by atoms with Crippen molar-refractivity contribution in [2.24, 2.45) is 11.7 Å². The Morgan fingerprint density at radius 3 is 2.39 bits per heavy atom. The predicted molar refractivity (Wildman–Crippen MR) is 75.6 cm³/mol. The van der Waals surface area contributed by atoms with Crippen molar-refractivity contribution >= 4 is 0 Å². The van der Waals surface area contributed by atoms with E-state index in [2.05, 4.69) is 9.80 Å². The van der Waals surface area contributed by atoms with Crippen molar-refractivity contribution in [1.29, 1.82) is 0 Å². The highest BCUT2D eigenvalue weighted by molar-refractivity contribution is 4.88. The zero-order chi connectivity index (χ0) is 12.4. The summed E-state index contributed by atoms with van der Waals surface area (Å²) < 4.78 is 0. The Labute approximate surface area is 112 Å². The lowest BCUT2D eigenvalue weighted by Crippen LogP contribution is -2.42. The molecule has 1 aliphatic carbocycles. The van der Waals surface area contributed by atoms with E-state index in [0.717, 1.165) is 18.5 Å². The molecule has 0 aromatic heterocycles. The van der Waals surface area contributed by atoms with E-state index in [0.29, 0.717) is 6.04 Å². The highest BCUT2D eigenvalue weighted by atomic mass is 15.3. The second-order valence-electron chi connectivity index (χ2n) is 6.65. The van der Waals surface area contributed by atoms with Gasteiger partial charge in [0.25, 0.3) is 0 Å². The van der Waals surface area contributed by atoms with E-state index in [1.54, 1.807) is 0 Å². The van der Waals surface area contributed by atoms with Crippen LogP contribution in [0.25, 0.3) is 0 Å². The number of hydrogen-bond acceptors (Lipinski definition) is 3. The standard InChI is InChI=1S/C15H29N3/c16-15(13-5-1-2-6-13)12-17-10-7-14(11-17)18-8-3-4-9-18/h13-15H,1-12,16H2. The molecule has 0 aromatic carbocycles. The highest BCUT2D eigenvalue weighted by Gasteiger charge is 2.31. The van der Waals surface area contributed by atoms with Gasteiger partial charge < -0.3 is 10.6 Å². The minimum absolute atomic E-state index is 0.435. The number of nitrogens with zero attached hydrogens (tertiary/aromatic N) is 2. The molecule has 2 unspecified atom stereocenters. The fraction of sp³-hybridized carbons (Fsp3) is 1.00. The van der Waals surface area contributed by atoms with Crippen LogP contribution in [0.3, 0.4) is 0 Å². The topological polar surface area (TPSA) is 32.5 Å². The molecule has 2 aliphatic heterocycles. The van der Waals surface area contributed by atoms with Crippen molar-refractivity contribution < 1.29 is 0 Å². The van der Waals surface area contributed by atoms with Crippen molar-refractivity contribution in [2.75, 3.05) is 32.7 Å². The summed E-state index contributed by atoms with van der Waals surface area (Å²) in [7, 11) is 0. The second-order valence-corrected chi connectivity index (χ2v) is 6.65. The second kappa shape index (κ2) is 5.89. The summed E-state index contributed by atoms with van der Waals surface area (Å²) in [6.45, 7) is 6.39. The summed E-state index contributed by atoms with van der Waals surface area (Å²) >= 11 is 0. The molecule has 0 spiro atoms. The van der Waals surface area contributed by atoms with Gasteiger partial charge in [0.15, 0.2) is 0 Å². The average Bonchev–Trinajstić information content (AvgIpc) is 3.12. The first kappa shape index (κ1) is 12.9. The van der Waals surface area contributed by atoms with E-state index in [-0.39, 0.29) is 0 Å². The molecule has 0 radical (unpaired) electrons. The van der Waals surface area contributed by atoms with Gasteiger partial charge in [0, 0.05) is 25.2 Å². The van der Waals surface area contributed by atoms with E-state index in [9.17, 15) is 0 Å². The molecule has 2 N–H and O–H groups in total. The largest absolute Gasteiger partial charge is 0.326 e. The molecule has 2 heterocycles. The van der Waals surface area contributed by atoms with Gasteiger partial charge in [-0.3, -0.25) is 4.90 Å². The van der Waals surface area contributed by atoms with E-state index < -0.39 is 0 Å². The van der Waals surface area contributed by atoms with Crippen LogP contribution in [0.1, 0.15) is 44.9 Å². The minimum Gasteiger partial charge on any atom is -0.326 e. The van der Waals surface area contributed by atoms with Crippen LogP contribution in [-0.2, 0) is 0 Å².